The summed E-state index contributed by atoms with van der Waals surface area (Å²) in [6.45, 7) is -0.378. The highest BCUT2D eigenvalue weighted by atomic mass is 16.6. The summed E-state index contributed by atoms with van der Waals surface area (Å²) in [5.41, 5.74) is 3.82. The Morgan fingerprint density at radius 1 is 1.50 bits per heavy atom. The molecule has 2 rings (SSSR count). The Balaban J connectivity index is 2.15. The highest BCUT2D eigenvalue weighted by molar-refractivity contribution is 5.85. The van der Waals surface area contributed by atoms with Crippen LogP contribution >= 0.6 is 0 Å². The molecule has 4 atom stereocenters. The topological polar surface area (TPSA) is 118 Å². The number of hydrogen-bond acceptors (Lipinski definition) is 6. The maximum Gasteiger partial charge on any atom is 0.338 e. The third-order valence-corrected chi connectivity index (χ3v) is 3.09. The van der Waals surface area contributed by atoms with E-state index in [4.69, 9.17) is 9.84 Å². The van der Waals surface area contributed by atoms with Gasteiger partial charge in [-0.1, -0.05) is 6.08 Å². The van der Waals surface area contributed by atoms with Gasteiger partial charge in [-0.25, -0.2) is 4.79 Å². The van der Waals surface area contributed by atoms with Gasteiger partial charge in [-0.05, 0) is 0 Å². The molecule has 0 saturated carbocycles. The van der Waals surface area contributed by atoms with E-state index in [1.807, 2.05) is 0 Å². The van der Waals surface area contributed by atoms with Gasteiger partial charge >= 0.3 is 5.91 Å². The van der Waals surface area contributed by atoms with Crippen molar-refractivity contribution in [1.29, 1.82) is 0 Å². The second kappa shape index (κ2) is 5.17. The van der Waals surface area contributed by atoms with Crippen molar-refractivity contribution in [1.82, 2.24) is 4.90 Å². The van der Waals surface area contributed by atoms with Gasteiger partial charge in [0.05, 0.1) is 12.2 Å². The van der Waals surface area contributed by atoms with E-state index in [0.29, 0.717) is 12.0 Å². The van der Waals surface area contributed by atoms with Gasteiger partial charge in [-0.15, -0.1) is 0 Å². The van der Waals surface area contributed by atoms with Gasteiger partial charge in [0.2, 0.25) is 0 Å². The predicted molar refractivity (Wildman–Crippen MR) is 59.3 cm³/mol. The Morgan fingerprint density at radius 3 is 2.78 bits per heavy atom. The van der Waals surface area contributed by atoms with Crippen LogP contribution in [-0.4, -0.2) is 57.3 Å². The minimum absolute atomic E-state index is 0.295. The Bertz CT molecular complexity index is 395. The van der Waals surface area contributed by atoms with E-state index in [2.05, 4.69) is 5.73 Å². The van der Waals surface area contributed by atoms with Crippen molar-refractivity contribution in [3.05, 3.63) is 24.0 Å². The van der Waals surface area contributed by atoms with Crippen LogP contribution in [0.25, 0.3) is 0 Å². The minimum atomic E-state index is -1.15. The van der Waals surface area contributed by atoms with Crippen LogP contribution in [0.3, 0.4) is 0 Å². The fraction of sp³-hybridized carbons (Fsp3) is 0.545. The maximum atomic E-state index is 11.2. The monoisotopic (exact) mass is 257 g/mol. The van der Waals surface area contributed by atoms with Gasteiger partial charge in [0.25, 0.3) is 0 Å². The predicted octanol–water partition coefficient (Wildman–Crippen LogP) is -2.70. The molecule has 7 nitrogen and oxygen atoms in total. The number of hydrogen-bond donors (Lipinski definition) is 4. The molecule has 0 radical (unpaired) electrons. The van der Waals surface area contributed by atoms with E-state index < -0.39 is 24.5 Å². The summed E-state index contributed by atoms with van der Waals surface area (Å²) in [6, 6.07) is 0. The largest absolute Gasteiger partial charge is 0.394 e. The molecule has 0 aliphatic carbocycles. The lowest BCUT2D eigenvalue weighted by Crippen LogP contribution is -2.58. The van der Waals surface area contributed by atoms with E-state index in [0.717, 1.165) is 0 Å². The van der Waals surface area contributed by atoms with Crippen LogP contribution < -0.4 is 5.73 Å². The average Bonchev–Trinajstić information content (AvgIpc) is 2.66. The third kappa shape index (κ3) is 2.31. The Kier molecular flexibility index (Phi) is 3.79. The number of ether oxygens (including phenoxy) is 1. The van der Waals surface area contributed by atoms with Crippen LogP contribution in [-0.2, 0) is 9.53 Å². The van der Waals surface area contributed by atoms with Crippen molar-refractivity contribution in [3.8, 4) is 0 Å². The molecule has 7 heteroatoms. The molecule has 2 aliphatic rings. The Hall–Kier alpha value is -1.25. The van der Waals surface area contributed by atoms with Crippen LogP contribution in [0.4, 0.5) is 0 Å². The first-order chi connectivity index (χ1) is 8.54. The summed E-state index contributed by atoms with van der Waals surface area (Å²) in [6.07, 6.45) is 1.48. The molecule has 0 bridgehead atoms. The number of rotatable bonds is 3. The van der Waals surface area contributed by atoms with Gasteiger partial charge < -0.3 is 25.0 Å². The van der Waals surface area contributed by atoms with E-state index >= 15 is 0 Å². The molecular formula is C11H17N2O5+. The first kappa shape index (κ1) is 13.2. The molecule has 0 aromatic heterocycles. The van der Waals surface area contributed by atoms with Crippen molar-refractivity contribution in [2.75, 3.05) is 6.61 Å². The molecule has 1 fully saturated rings. The molecule has 100 valence electrons. The van der Waals surface area contributed by atoms with Crippen molar-refractivity contribution in [2.45, 2.75) is 31.0 Å². The SMILES string of the molecule is [NH3+]C(=O)C1=CN(C2OC(CO)C(O)C2O)C=CC1. The smallest absolute Gasteiger partial charge is 0.338 e. The number of carbonyl (C=O) groups is 1. The van der Waals surface area contributed by atoms with E-state index in [-0.39, 0.29) is 12.5 Å². The second-order valence-electron chi connectivity index (χ2n) is 4.34. The lowest BCUT2D eigenvalue weighted by Gasteiger charge is -2.28. The lowest BCUT2D eigenvalue weighted by atomic mass is 10.1. The summed E-state index contributed by atoms with van der Waals surface area (Å²) in [5, 5.41) is 28.5. The van der Waals surface area contributed by atoms with Crippen molar-refractivity contribution in [2.24, 2.45) is 0 Å². The average molecular weight is 257 g/mol. The highest BCUT2D eigenvalue weighted by Crippen LogP contribution is 2.26. The molecule has 0 aromatic carbocycles. The second-order valence-corrected chi connectivity index (χ2v) is 4.34. The van der Waals surface area contributed by atoms with Gasteiger partial charge in [-0.3, -0.25) is 5.73 Å². The third-order valence-electron chi connectivity index (χ3n) is 3.09. The maximum absolute atomic E-state index is 11.2. The zero-order valence-corrected chi connectivity index (χ0v) is 9.77. The molecule has 18 heavy (non-hydrogen) atoms. The summed E-state index contributed by atoms with van der Waals surface area (Å²) < 4.78 is 5.35. The molecule has 4 unspecified atom stereocenters. The summed E-state index contributed by atoms with van der Waals surface area (Å²) in [4.78, 5) is 12.7. The number of amides is 1. The van der Waals surface area contributed by atoms with Crippen molar-refractivity contribution < 1.29 is 30.6 Å². The Morgan fingerprint density at radius 2 is 2.22 bits per heavy atom. The number of quaternary nitrogens is 1. The standard InChI is InChI=1S/C11H16N2O5/c12-10(17)6-2-1-3-13(4-6)11-9(16)8(15)7(5-14)18-11/h1,3-4,7-9,11,14-16H,2,5H2,(H2,12,17)/p+1. The first-order valence-corrected chi connectivity index (χ1v) is 5.68. The Labute approximate surface area is 104 Å². The molecule has 2 heterocycles. The number of nitrogens with zero attached hydrogens (tertiary/aromatic N) is 1. The highest BCUT2D eigenvalue weighted by Gasteiger charge is 2.44. The first-order valence-electron chi connectivity index (χ1n) is 5.68. The molecule has 6 N–H and O–H groups in total. The fourth-order valence-corrected chi connectivity index (χ4v) is 2.05. The van der Waals surface area contributed by atoms with Gasteiger partial charge in [0.15, 0.2) is 6.23 Å². The zero-order chi connectivity index (χ0) is 13.3. The summed E-state index contributed by atoms with van der Waals surface area (Å²) in [5.74, 6) is -0.295. The molecule has 2 aliphatic heterocycles. The normalized spacial score (nSPS) is 35.8. The number of aliphatic hydroxyl groups excluding tert-OH is 3. The lowest BCUT2D eigenvalue weighted by molar-refractivity contribution is -0.299. The number of carbonyl (C=O) groups excluding carboxylic acids is 1. The fourth-order valence-electron chi connectivity index (χ4n) is 2.05. The van der Waals surface area contributed by atoms with Gasteiger partial charge in [0, 0.05) is 18.8 Å². The van der Waals surface area contributed by atoms with Crippen molar-refractivity contribution in [3.63, 3.8) is 0 Å². The van der Waals surface area contributed by atoms with Crippen LogP contribution in [0.1, 0.15) is 6.42 Å². The number of allylic oxidation sites excluding steroid dienone is 1. The molecular weight excluding hydrogens is 240 g/mol. The molecule has 1 amide bonds. The molecule has 0 aromatic rings. The van der Waals surface area contributed by atoms with E-state index in [9.17, 15) is 15.0 Å². The zero-order valence-electron chi connectivity index (χ0n) is 9.77. The molecule has 0 spiro atoms. The van der Waals surface area contributed by atoms with Crippen LogP contribution in [0.2, 0.25) is 0 Å². The van der Waals surface area contributed by atoms with Crippen LogP contribution in [0.5, 0.6) is 0 Å². The van der Waals surface area contributed by atoms with Crippen LogP contribution in [0, 0.1) is 0 Å². The van der Waals surface area contributed by atoms with Crippen molar-refractivity contribution >= 4 is 5.91 Å². The summed E-state index contributed by atoms with van der Waals surface area (Å²) in [7, 11) is 0. The van der Waals surface area contributed by atoms with Gasteiger partial charge in [0.1, 0.15) is 18.3 Å². The summed E-state index contributed by atoms with van der Waals surface area (Å²) >= 11 is 0. The van der Waals surface area contributed by atoms with E-state index in [1.165, 1.54) is 11.1 Å². The quantitative estimate of drug-likeness (QED) is 0.437. The van der Waals surface area contributed by atoms with Gasteiger partial charge in [-0.2, -0.15) is 0 Å². The molecule has 1 saturated heterocycles. The van der Waals surface area contributed by atoms with Crippen LogP contribution in [0.15, 0.2) is 24.0 Å². The number of aliphatic hydroxyl groups is 3. The van der Waals surface area contributed by atoms with E-state index in [1.54, 1.807) is 12.3 Å². The minimum Gasteiger partial charge on any atom is -0.394 e.